The number of aromatic nitrogens is 2. The van der Waals surface area contributed by atoms with Crippen LogP contribution in [0, 0.1) is 0 Å². The molecule has 0 spiro atoms. The van der Waals surface area contributed by atoms with Crippen molar-refractivity contribution in [3.8, 4) is 0 Å². The molecule has 0 saturated carbocycles. The van der Waals surface area contributed by atoms with Gasteiger partial charge in [0.05, 0.1) is 0 Å². The third-order valence-corrected chi connectivity index (χ3v) is 2.43. The Kier molecular flexibility index (Phi) is 3.09. The van der Waals surface area contributed by atoms with E-state index in [9.17, 15) is 4.79 Å². The lowest BCUT2D eigenvalue weighted by Crippen LogP contribution is -2.10. The molecule has 0 aliphatic carbocycles. The fourth-order valence-electron chi connectivity index (χ4n) is 1.49. The zero-order valence-electron chi connectivity index (χ0n) is 9.55. The first-order chi connectivity index (χ1) is 8.15. The SMILES string of the molecule is Cn1ccc(NCc2ccc(C(N)=O)cc2)n1. The van der Waals surface area contributed by atoms with Gasteiger partial charge < -0.3 is 11.1 Å². The number of hydrogen-bond donors (Lipinski definition) is 2. The third-order valence-electron chi connectivity index (χ3n) is 2.43. The first-order valence-corrected chi connectivity index (χ1v) is 5.27. The van der Waals surface area contributed by atoms with Gasteiger partial charge in [-0.2, -0.15) is 5.10 Å². The van der Waals surface area contributed by atoms with E-state index in [1.54, 1.807) is 16.8 Å². The minimum absolute atomic E-state index is 0.408. The lowest BCUT2D eigenvalue weighted by molar-refractivity contribution is 0.100. The van der Waals surface area contributed by atoms with Gasteiger partial charge in [-0.1, -0.05) is 12.1 Å². The number of anilines is 1. The minimum Gasteiger partial charge on any atom is -0.366 e. The summed E-state index contributed by atoms with van der Waals surface area (Å²) in [5.74, 6) is 0.417. The molecule has 17 heavy (non-hydrogen) atoms. The minimum atomic E-state index is -0.408. The number of rotatable bonds is 4. The summed E-state index contributed by atoms with van der Waals surface area (Å²) in [5, 5.41) is 7.39. The van der Waals surface area contributed by atoms with Crippen molar-refractivity contribution >= 4 is 11.7 Å². The van der Waals surface area contributed by atoms with Crippen LogP contribution < -0.4 is 11.1 Å². The Morgan fingerprint density at radius 3 is 2.59 bits per heavy atom. The largest absolute Gasteiger partial charge is 0.366 e. The van der Waals surface area contributed by atoms with E-state index >= 15 is 0 Å². The van der Waals surface area contributed by atoms with Crippen LogP contribution in [-0.4, -0.2) is 15.7 Å². The number of nitrogens with one attached hydrogen (secondary N) is 1. The number of nitrogens with zero attached hydrogens (tertiary/aromatic N) is 2. The number of carbonyl (C=O) groups excluding carboxylic acids is 1. The maximum atomic E-state index is 10.9. The van der Waals surface area contributed by atoms with Crippen molar-refractivity contribution in [1.82, 2.24) is 9.78 Å². The first kappa shape index (κ1) is 11.2. The Labute approximate surface area is 99.2 Å². The van der Waals surface area contributed by atoms with Gasteiger partial charge in [-0.25, -0.2) is 0 Å². The zero-order valence-corrected chi connectivity index (χ0v) is 9.55. The first-order valence-electron chi connectivity index (χ1n) is 5.27. The quantitative estimate of drug-likeness (QED) is 0.827. The molecule has 5 nitrogen and oxygen atoms in total. The molecular formula is C12H14N4O. The van der Waals surface area contributed by atoms with Crippen molar-refractivity contribution in [2.75, 3.05) is 5.32 Å². The molecule has 0 saturated heterocycles. The summed E-state index contributed by atoms with van der Waals surface area (Å²) >= 11 is 0. The molecule has 3 N–H and O–H groups in total. The van der Waals surface area contributed by atoms with Gasteiger partial charge in [-0.15, -0.1) is 0 Å². The van der Waals surface area contributed by atoms with Crippen molar-refractivity contribution in [2.45, 2.75) is 6.54 Å². The summed E-state index contributed by atoms with van der Waals surface area (Å²) in [6.07, 6.45) is 1.87. The van der Waals surface area contributed by atoms with Crippen molar-refractivity contribution in [2.24, 2.45) is 12.8 Å². The Hall–Kier alpha value is -2.30. The number of hydrogen-bond acceptors (Lipinski definition) is 3. The highest BCUT2D eigenvalue weighted by molar-refractivity contribution is 5.92. The van der Waals surface area contributed by atoms with Crippen molar-refractivity contribution in [3.63, 3.8) is 0 Å². The molecule has 0 aliphatic heterocycles. The monoisotopic (exact) mass is 230 g/mol. The number of amides is 1. The summed E-state index contributed by atoms with van der Waals surface area (Å²) in [4.78, 5) is 10.9. The maximum absolute atomic E-state index is 10.9. The van der Waals surface area contributed by atoms with Crippen LogP contribution in [0.15, 0.2) is 36.5 Å². The molecule has 0 fully saturated rings. The van der Waals surface area contributed by atoms with E-state index in [1.807, 2.05) is 31.4 Å². The van der Waals surface area contributed by atoms with Crippen molar-refractivity contribution < 1.29 is 4.79 Å². The Bertz CT molecular complexity index is 516. The highest BCUT2D eigenvalue weighted by Crippen LogP contribution is 2.07. The van der Waals surface area contributed by atoms with Gasteiger partial charge in [0.1, 0.15) is 5.82 Å². The second-order valence-electron chi connectivity index (χ2n) is 3.79. The van der Waals surface area contributed by atoms with E-state index in [2.05, 4.69) is 10.4 Å². The van der Waals surface area contributed by atoms with Crippen LogP contribution in [0.2, 0.25) is 0 Å². The van der Waals surface area contributed by atoms with Gasteiger partial charge in [0, 0.05) is 31.4 Å². The van der Waals surface area contributed by atoms with Crippen LogP contribution in [0.4, 0.5) is 5.82 Å². The predicted molar refractivity (Wildman–Crippen MR) is 65.5 cm³/mol. The smallest absolute Gasteiger partial charge is 0.248 e. The average molecular weight is 230 g/mol. The molecule has 2 aromatic rings. The lowest BCUT2D eigenvalue weighted by Gasteiger charge is -2.03. The molecule has 0 atom stereocenters. The van der Waals surface area contributed by atoms with Crippen LogP contribution in [0.5, 0.6) is 0 Å². The molecule has 1 aromatic heterocycles. The number of benzene rings is 1. The fraction of sp³-hybridized carbons (Fsp3) is 0.167. The summed E-state index contributed by atoms with van der Waals surface area (Å²) in [5.41, 5.74) is 6.75. The van der Waals surface area contributed by atoms with E-state index in [0.29, 0.717) is 12.1 Å². The summed E-state index contributed by atoms with van der Waals surface area (Å²) in [6.45, 7) is 0.663. The van der Waals surface area contributed by atoms with Crippen molar-refractivity contribution in [3.05, 3.63) is 47.7 Å². The number of aryl methyl sites for hydroxylation is 1. The van der Waals surface area contributed by atoms with Crippen LogP contribution in [0.25, 0.3) is 0 Å². The van der Waals surface area contributed by atoms with Gasteiger partial charge in [0.25, 0.3) is 0 Å². The van der Waals surface area contributed by atoms with E-state index in [-0.39, 0.29) is 0 Å². The second kappa shape index (κ2) is 4.69. The highest BCUT2D eigenvalue weighted by atomic mass is 16.1. The third kappa shape index (κ3) is 2.84. The standard InChI is InChI=1S/C12H14N4O/c1-16-7-6-11(15-16)14-8-9-2-4-10(5-3-9)12(13)17/h2-7H,8H2,1H3,(H2,13,17)(H,14,15). The fourth-order valence-corrected chi connectivity index (χ4v) is 1.49. The van der Waals surface area contributed by atoms with Crippen molar-refractivity contribution in [1.29, 1.82) is 0 Å². The van der Waals surface area contributed by atoms with Crippen LogP contribution in [-0.2, 0) is 13.6 Å². The highest BCUT2D eigenvalue weighted by Gasteiger charge is 2.00. The van der Waals surface area contributed by atoms with Gasteiger partial charge in [0.15, 0.2) is 0 Å². The van der Waals surface area contributed by atoms with E-state index in [1.165, 1.54) is 0 Å². The molecule has 88 valence electrons. The van der Waals surface area contributed by atoms with Gasteiger partial charge in [0.2, 0.25) is 5.91 Å². The normalized spacial score (nSPS) is 10.2. The van der Waals surface area contributed by atoms with Crippen LogP contribution in [0.1, 0.15) is 15.9 Å². The molecule has 0 bridgehead atoms. The summed E-state index contributed by atoms with van der Waals surface area (Å²) < 4.78 is 1.73. The topological polar surface area (TPSA) is 72.9 Å². The van der Waals surface area contributed by atoms with Gasteiger partial charge >= 0.3 is 0 Å². The molecular weight excluding hydrogens is 216 g/mol. The number of primary amides is 1. The zero-order chi connectivity index (χ0) is 12.3. The molecule has 0 aliphatic rings. The van der Waals surface area contributed by atoms with E-state index in [0.717, 1.165) is 11.4 Å². The predicted octanol–water partition coefficient (Wildman–Crippen LogP) is 1.13. The average Bonchev–Trinajstić information content (AvgIpc) is 2.73. The second-order valence-corrected chi connectivity index (χ2v) is 3.79. The van der Waals surface area contributed by atoms with Crippen LogP contribution in [0.3, 0.4) is 0 Å². The maximum Gasteiger partial charge on any atom is 0.248 e. The molecule has 1 aromatic carbocycles. The molecule has 5 heteroatoms. The van der Waals surface area contributed by atoms with Crippen LogP contribution >= 0.6 is 0 Å². The molecule has 0 unspecified atom stereocenters. The Morgan fingerprint density at radius 2 is 2.06 bits per heavy atom. The number of carbonyl (C=O) groups is 1. The Balaban J connectivity index is 1.97. The molecule has 1 amide bonds. The molecule has 1 heterocycles. The van der Waals surface area contributed by atoms with E-state index < -0.39 is 5.91 Å². The molecule has 2 rings (SSSR count). The number of nitrogens with two attached hydrogens (primary N) is 1. The van der Waals surface area contributed by atoms with Gasteiger partial charge in [-0.05, 0) is 17.7 Å². The molecule has 0 radical (unpaired) electrons. The summed E-state index contributed by atoms with van der Waals surface area (Å²) in [6, 6.07) is 9.08. The van der Waals surface area contributed by atoms with E-state index in [4.69, 9.17) is 5.73 Å². The van der Waals surface area contributed by atoms with Gasteiger partial charge in [-0.3, -0.25) is 9.48 Å². The Morgan fingerprint density at radius 1 is 1.35 bits per heavy atom. The lowest BCUT2D eigenvalue weighted by atomic mass is 10.1. The summed E-state index contributed by atoms with van der Waals surface area (Å²) in [7, 11) is 1.87.